The van der Waals surface area contributed by atoms with Crippen molar-refractivity contribution in [1.82, 2.24) is 6.15 Å². The van der Waals surface area contributed by atoms with Crippen LogP contribution in [0.4, 0.5) is 0 Å². The van der Waals surface area contributed by atoms with Crippen LogP contribution < -0.4 is 6.15 Å². The first-order chi connectivity index (χ1) is 8.24. The zero-order chi connectivity index (χ0) is 13.0. The van der Waals surface area contributed by atoms with Gasteiger partial charge in [-0.2, -0.15) is 0 Å². The van der Waals surface area contributed by atoms with Crippen molar-refractivity contribution in [2.75, 3.05) is 26.4 Å². The summed E-state index contributed by atoms with van der Waals surface area (Å²) in [6.45, 7) is 10.8. The minimum absolute atomic E-state index is 0. The Hall–Kier alpha value is 0.0169. The highest BCUT2D eigenvalue weighted by atomic mass is 28.4. The van der Waals surface area contributed by atoms with Crippen molar-refractivity contribution in [1.29, 1.82) is 0 Å². The highest BCUT2D eigenvalue weighted by Crippen LogP contribution is 2.14. The molecule has 0 spiro atoms. The van der Waals surface area contributed by atoms with Crippen LogP contribution in [0.25, 0.3) is 0 Å². The summed E-state index contributed by atoms with van der Waals surface area (Å²) >= 11 is 0. The molecule has 6 heteroatoms. The quantitative estimate of drug-likeness (QED) is 0.556. The number of hydrogen-bond acceptors (Lipinski definition) is 5. The van der Waals surface area contributed by atoms with Crippen LogP contribution in [-0.2, 0) is 17.7 Å². The molecule has 0 saturated heterocycles. The van der Waals surface area contributed by atoms with E-state index < -0.39 is 9.05 Å². The molecular weight excluding hydrogens is 250 g/mol. The maximum atomic E-state index is 5.76. The summed E-state index contributed by atoms with van der Waals surface area (Å²) in [5.41, 5.74) is 0. The van der Waals surface area contributed by atoms with Gasteiger partial charge in [-0.15, -0.1) is 0 Å². The van der Waals surface area contributed by atoms with Crippen molar-refractivity contribution in [2.45, 2.75) is 53.4 Å². The van der Waals surface area contributed by atoms with E-state index in [0.717, 1.165) is 25.7 Å². The van der Waals surface area contributed by atoms with Gasteiger partial charge in [0, 0.05) is 26.4 Å². The summed E-state index contributed by atoms with van der Waals surface area (Å²) < 4.78 is 23.0. The molecule has 3 N–H and O–H groups in total. The third kappa shape index (κ3) is 9.01. The molecule has 0 unspecified atom stereocenters. The van der Waals surface area contributed by atoms with E-state index in [2.05, 4.69) is 27.7 Å². The molecule has 0 aromatic rings. The minimum Gasteiger partial charge on any atom is -0.351 e. The average molecular weight is 281 g/mol. The molecule has 0 fully saturated rings. The van der Waals surface area contributed by atoms with E-state index in [9.17, 15) is 0 Å². The molecule has 0 bridgehead atoms. The molecule has 112 valence electrons. The first-order valence-electron chi connectivity index (χ1n) is 6.80. The fourth-order valence-corrected chi connectivity index (χ4v) is 3.47. The topological polar surface area (TPSA) is 71.9 Å². The smallest absolute Gasteiger partial charge is 0.351 e. The lowest BCUT2D eigenvalue weighted by Gasteiger charge is -2.27. The van der Waals surface area contributed by atoms with Gasteiger partial charge in [0.2, 0.25) is 0 Å². The molecule has 0 aromatic carbocycles. The van der Waals surface area contributed by atoms with Crippen LogP contribution >= 0.6 is 0 Å². The summed E-state index contributed by atoms with van der Waals surface area (Å²) in [5.74, 6) is 0. The molecule has 0 heterocycles. The van der Waals surface area contributed by atoms with E-state index in [4.69, 9.17) is 17.7 Å². The van der Waals surface area contributed by atoms with E-state index in [1.807, 2.05) is 0 Å². The van der Waals surface area contributed by atoms with E-state index in [-0.39, 0.29) is 6.15 Å². The summed E-state index contributed by atoms with van der Waals surface area (Å²) in [6.07, 6.45) is 3.76. The van der Waals surface area contributed by atoms with Gasteiger partial charge in [-0.3, -0.25) is 0 Å². The molecule has 0 amide bonds. The molecule has 5 nitrogen and oxygen atoms in total. The first kappa shape index (κ1) is 20.3. The third-order valence-electron chi connectivity index (χ3n) is 1.93. The predicted molar refractivity (Wildman–Crippen MR) is 75.7 cm³/mol. The van der Waals surface area contributed by atoms with Gasteiger partial charge in [-0.1, -0.05) is 27.7 Å². The zero-order valence-corrected chi connectivity index (χ0v) is 13.5. The van der Waals surface area contributed by atoms with Crippen molar-refractivity contribution in [2.24, 2.45) is 0 Å². The maximum Gasteiger partial charge on any atom is 0.679 e. The van der Waals surface area contributed by atoms with Gasteiger partial charge in [0.15, 0.2) is 0 Å². The van der Waals surface area contributed by atoms with Gasteiger partial charge in [-0.05, 0) is 25.7 Å². The van der Waals surface area contributed by atoms with Gasteiger partial charge < -0.3 is 23.9 Å². The van der Waals surface area contributed by atoms with E-state index >= 15 is 0 Å². The Kier molecular flexibility index (Phi) is 15.2. The average Bonchev–Trinajstić information content (AvgIpc) is 2.37. The molecule has 18 heavy (non-hydrogen) atoms. The fourth-order valence-electron chi connectivity index (χ4n) is 1.16. The lowest BCUT2D eigenvalue weighted by atomic mass is 10.5. The van der Waals surface area contributed by atoms with Gasteiger partial charge in [0.1, 0.15) is 0 Å². The number of hydrogen-bond donors (Lipinski definition) is 1. The number of rotatable bonds is 12. The second-order valence-corrected chi connectivity index (χ2v) is 6.05. The second-order valence-electron chi connectivity index (χ2n) is 3.89. The molecule has 0 saturated carbocycles. The molecule has 0 aliphatic carbocycles. The fraction of sp³-hybridized carbons (Fsp3) is 1.00. The second kappa shape index (κ2) is 13.4. The van der Waals surface area contributed by atoms with Crippen LogP contribution in [0.1, 0.15) is 53.4 Å². The molecule has 0 atom stereocenters. The Balaban J connectivity index is 0. The highest BCUT2D eigenvalue weighted by molar-refractivity contribution is 6.53. The zero-order valence-electron chi connectivity index (χ0n) is 12.5. The predicted octanol–water partition coefficient (Wildman–Crippen LogP) is 3.29. The normalized spacial score (nSPS) is 11.3. The Labute approximate surface area is 113 Å². The molecule has 0 aromatic heterocycles. The van der Waals surface area contributed by atoms with Crippen molar-refractivity contribution < 1.29 is 17.7 Å². The van der Waals surface area contributed by atoms with E-state index in [1.165, 1.54) is 0 Å². The molecule has 0 rings (SSSR count). The summed E-state index contributed by atoms with van der Waals surface area (Å²) in [6, 6.07) is 0. The van der Waals surface area contributed by atoms with Crippen molar-refractivity contribution >= 4 is 9.05 Å². The lowest BCUT2D eigenvalue weighted by Crippen LogP contribution is -2.50. The van der Waals surface area contributed by atoms with Gasteiger partial charge in [0.25, 0.3) is 0 Å². The Morgan fingerprint density at radius 2 is 0.778 bits per heavy atom. The van der Waals surface area contributed by atoms with Gasteiger partial charge in [0.05, 0.1) is 0 Å². The summed E-state index contributed by atoms with van der Waals surface area (Å²) in [5, 5.41) is 0. The van der Waals surface area contributed by atoms with Crippen LogP contribution in [0.3, 0.4) is 0 Å². The largest absolute Gasteiger partial charge is 0.679 e. The Morgan fingerprint density at radius 3 is 0.944 bits per heavy atom. The SMILES string of the molecule is CCCO[Si](OCCC)(OCCC)OCCC.N. The van der Waals surface area contributed by atoms with Crippen molar-refractivity contribution in [3.8, 4) is 0 Å². The first-order valence-corrected chi connectivity index (χ1v) is 8.43. The Morgan fingerprint density at radius 1 is 0.556 bits per heavy atom. The lowest BCUT2D eigenvalue weighted by molar-refractivity contribution is -0.0347. The molecule has 0 radical (unpaired) electrons. The van der Waals surface area contributed by atoms with Crippen LogP contribution in [-0.4, -0.2) is 35.5 Å². The van der Waals surface area contributed by atoms with E-state index in [1.54, 1.807) is 0 Å². The summed E-state index contributed by atoms with van der Waals surface area (Å²) in [7, 11) is -2.88. The van der Waals surface area contributed by atoms with Crippen LogP contribution in [0.5, 0.6) is 0 Å². The van der Waals surface area contributed by atoms with Gasteiger partial charge >= 0.3 is 9.05 Å². The van der Waals surface area contributed by atoms with Crippen LogP contribution in [0, 0.1) is 0 Å². The van der Waals surface area contributed by atoms with Gasteiger partial charge in [-0.25, -0.2) is 0 Å². The summed E-state index contributed by atoms with van der Waals surface area (Å²) in [4.78, 5) is 0. The Bertz CT molecular complexity index is 135. The van der Waals surface area contributed by atoms with Crippen LogP contribution in [0.2, 0.25) is 0 Å². The maximum absolute atomic E-state index is 5.76. The third-order valence-corrected chi connectivity index (χ3v) is 4.16. The van der Waals surface area contributed by atoms with Crippen LogP contribution in [0.15, 0.2) is 0 Å². The molecular formula is C12H31NO4Si. The van der Waals surface area contributed by atoms with Crippen molar-refractivity contribution in [3.05, 3.63) is 0 Å². The monoisotopic (exact) mass is 281 g/mol. The van der Waals surface area contributed by atoms with Crippen molar-refractivity contribution in [3.63, 3.8) is 0 Å². The molecule has 0 aliphatic heterocycles. The minimum atomic E-state index is -2.88. The highest BCUT2D eigenvalue weighted by Gasteiger charge is 2.45. The standard InChI is InChI=1S/C12H28O4Si.H3N/c1-5-9-13-17(14-10-6-2,15-11-7-3)16-12-8-4;/h5-12H2,1-4H3;1H3. The van der Waals surface area contributed by atoms with E-state index in [0.29, 0.717) is 26.4 Å². The molecule has 0 aliphatic rings.